The number of urea groups is 1. The molecule has 13 atom stereocenters. The molecule has 5 aromatic rings. The van der Waals surface area contributed by atoms with Crippen LogP contribution in [0.2, 0.25) is 0 Å². The van der Waals surface area contributed by atoms with Crippen molar-refractivity contribution in [2.45, 2.75) is 134 Å². The number of benzene rings is 1. The summed E-state index contributed by atoms with van der Waals surface area (Å²) in [4.78, 5) is 151. The number of likely N-dealkylation sites (N-methyl/N-ethyl adjacent to an activating group) is 1. The third-order valence-electron chi connectivity index (χ3n) is 15.5. The fourth-order valence-electron chi connectivity index (χ4n) is 10.4. The molecule has 41 heteroatoms. The van der Waals surface area contributed by atoms with Crippen LogP contribution in [0.4, 0.5) is 31.7 Å². The lowest BCUT2D eigenvalue weighted by Gasteiger charge is -2.29. The van der Waals surface area contributed by atoms with Gasteiger partial charge in [0.15, 0.2) is 47.3 Å². The molecule has 6 amide bonds. The number of Topliss-reactive ketones (excluding diaryl/α,β-unsaturated/α-hetero) is 1. The van der Waals surface area contributed by atoms with E-state index in [2.05, 4.69) is 51.2 Å². The average molecular weight is 1420 g/mol. The van der Waals surface area contributed by atoms with Crippen molar-refractivity contribution in [1.82, 2.24) is 59.9 Å². The predicted octanol–water partition coefficient (Wildman–Crippen LogP) is 1.92. The Labute approximate surface area is 558 Å². The van der Waals surface area contributed by atoms with Gasteiger partial charge < -0.3 is 96.1 Å². The second-order valence-electron chi connectivity index (χ2n) is 23.0. The van der Waals surface area contributed by atoms with E-state index in [1.54, 1.807) is 38.1 Å². The Morgan fingerprint density at radius 2 is 1.36 bits per heavy atom. The average Bonchev–Trinajstić information content (AvgIpc) is 1.61. The first-order valence-corrected chi connectivity index (χ1v) is 35.4. The number of ketones is 1. The smallest absolute Gasteiger partial charge is 0.481 e. The molecule has 524 valence electrons. The number of amides is 6. The summed E-state index contributed by atoms with van der Waals surface area (Å²) in [5.74, 6) is -4.73. The molecule has 3 aliphatic rings. The van der Waals surface area contributed by atoms with Gasteiger partial charge in [-0.25, -0.2) is 44.3 Å². The van der Waals surface area contributed by atoms with Gasteiger partial charge in [0.2, 0.25) is 17.7 Å². The van der Waals surface area contributed by atoms with Crippen LogP contribution in [0.25, 0.3) is 22.3 Å². The molecule has 14 N–H and O–H groups in total. The van der Waals surface area contributed by atoms with Crippen molar-refractivity contribution in [3.8, 4) is 0 Å². The number of nitrogens with one attached hydrogen (secondary N) is 4. The summed E-state index contributed by atoms with van der Waals surface area (Å²) in [6.45, 7) is -5.78. The SMILES string of the molecule is CC(CC(=O)NCCCCCC(=O)N[C@H](C(=O)C[C@@H](CCCNC(N)=O)C(=O)Nc1ccc(COC(=O)N(C)CCOC(=O)O[C@@H]2C3OP(O)(=S)OC[C@H]4O[C@@H](n5cnc6c(N)ncnc65)[C@H](OP(O)(=S)OC[C@H]3O[C@H]2n2cnc3c(N)ncnc32)[C@@H]4O)cc1)C(C)C)C(=O)O. The normalized spacial score (nSPS) is 24.4. The number of aliphatic hydroxyl groups excluding tert-OH is 1. The number of hydrogen-bond acceptors (Lipinski definition) is 28. The van der Waals surface area contributed by atoms with E-state index in [0.29, 0.717) is 37.1 Å². The van der Waals surface area contributed by atoms with Crippen LogP contribution in [0, 0.1) is 17.8 Å². The Hall–Kier alpha value is -7.78. The van der Waals surface area contributed by atoms with Gasteiger partial charge >= 0.3 is 37.7 Å². The van der Waals surface area contributed by atoms with E-state index in [1.165, 1.54) is 42.1 Å². The number of hydrogen-bond donors (Lipinski definition) is 11. The third-order valence-corrected chi connectivity index (χ3v) is 18.6. The number of imidazole rings is 2. The molecule has 37 nitrogen and oxygen atoms in total. The van der Waals surface area contributed by atoms with E-state index in [9.17, 15) is 53.2 Å². The number of rotatable bonds is 28. The maximum atomic E-state index is 13.8. The molecule has 0 aliphatic carbocycles. The Kier molecular flexibility index (Phi) is 25.8. The maximum absolute atomic E-state index is 13.8. The molecule has 0 saturated carbocycles. The topological polar surface area (TPSA) is 517 Å². The first-order valence-electron chi connectivity index (χ1n) is 30.2. The van der Waals surface area contributed by atoms with Crippen molar-refractivity contribution in [3.05, 3.63) is 55.1 Å². The van der Waals surface area contributed by atoms with Crippen LogP contribution in [0.3, 0.4) is 0 Å². The number of carbonyl (C=O) groups excluding carboxylic acids is 7. The molecule has 8 rings (SSSR count). The van der Waals surface area contributed by atoms with E-state index in [4.69, 9.17) is 87.7 Å². The minimum absolute atomic E-state index is 0.0193. The number of ether oxygens (including phenoxy) is 5. The highest BCUT2D eigenvalue weighted by Gasteiger charge is 2.55. The van der Waals surface area contributed by atoms with E-state index < -0.39 is 130 Å². The molecule has 3 aliphatic heterocycles. The zero-order valence-corrected chi connectivity index (χ0v) is 55.8. The molecular weight excluding hydrogens is 1350 g/mol. The quantitative estimate of drug-likeness (QED) is 0.0194. The van der Waals surface area contributed by atoms with E-state index >= 15 is 0 Å². The molecule has 7 heterocycles. The lowest BCUT2D eigenvalue weighted by Crippen LogP contribution is -2.45. The Bertz CT molecular complexity index is 3710. The maximum Gasteiger partial charge on any atom is 0.508 e. The van der Waals surface area contributed by atoms with Crippen molar-refractivity contribution < 1.29 is 100 Å². The van der Waals surface area contributed by atoms with Crippen LogP contribution in [0.5, 0.6) is 0 Å². The number of nitrogens with two attached hydrogens (primary N) is 3. The van der Waals surface area contributed by atoms with Crippen molar-refractivity contribution in [2.24, 2.45) is 23.5 Å². The first-order chi connectivity index (χ1) is 45.6. The highest BCUT2D eigenvalue weighted by Crippen LogP contribution is 2.54. The predicted molar refractivity (Wildman–Crippen MR) is 342 cm³/mol. The molecule has 4 aromatic heterocycles. The molecule has 2 bridgehead atoms. The first kappa shape index (κ1) is 74.0. The molecule has 3 fully saturated rings. The highest BCUT2D eigenvalue weighted by atomic mass is 32.5. The molecule has 0 radical (unpaired) electrons. The molecule has 1 aromatic carbocycles. The minimum Gasteiger partial charge on any atom is -0.481 e. The summed E-state index contributed by atoms with van der Waals surface area (Å²) in [7, 11) is 1.37. The molecular formula is C55H76N16O21P2S2. The number of aliphatic hydroxyl groups is 1. The van der Waals surface area contributed by atoms with Crippen molar-refractivity contribution in [1.29, 1.82) is 0 Å². The fourth-order valence-corrected chi connectivity index (χ4v) is 13.2. The van der Waals surface area contributed by atoms with Crippen LogP contribution < -0.4 is 38.5 Å². The lowest BCUT2D eigenvalue weighted by molar-refractivity contribution is -0.143. The van der Waals surface area contributed by atoms with Gasteiger partial charge in [-0.1, -0.05) is 39.3 Å². The fraction of sp³-hybridized carbons (Fsp3) is 0.564. The van der Waals surface area contributed by atoms with Gasteiger partial charge in [-0.15, -0.1) is 0 Å². The number of nitrogen functional groups attached to an aromatic ring is 2. The number of carboxylic acid groups (broad SMARTS) is 1. The molecule has 0 spiro atoms. The standard InChI is InChI=1S/C55H76N16O21P2S2/c1-28(2)38(68-36(73)10-6-5-7-15-59-37(74)19-29(3)52(77)78)33(72)20-31(9-8-16-60-53(58)79)49(76)67-32-13-11-30(12-14-32)21-85-54(80)69(4)17-18-84-55(81)90-44-42-35(89-51(44)71-27-66-40-46(57)62-25-64-48(40)71)23-87-94(83,96)92-43-41(75)34(22-86-93(82,95)91-42)88-50(43)70-26-65-39-45(56)61-24-63-47(39)70/h11-14,24-29,31,34-35,38,41-44,50-51,75H,5-10,15-23H2,1-4H3,(H,59,74)(H,67,76)(H,68,73)(H,77,78)(H,82,95)(H,83,96)(H2,56,61,63)(H2,57,62,64)(H3,58,60,79)/t29?,31-,34-,35-,38+,41-,42?,43-,44-,50-,51-,93?,94?/m1/s1. The number of carbonyl (C=O) groups is 8. The number of nitrogens with zero attached hydrogens (tertiary/aromatic N) is 9. The molecule has 96 heavy (non-hydrogen) atoms. The van der Waals surface area contributed by atoms with Gasteiger partial charge in [0, 0.05) is 51.0 Å². The summed E-state index contributed by atoms with van der Waals surface area (Å²) in [5.41, 5.74) is 18.7. The molecule has 4 unspecified atom stereocenters. The van der Waals surface area contributed by atoms with E-state index in [-0.39, 0.29) is 109 Å². The largest absolute Gasteiger partial charge is 0.508 e. The zero-order valence-electron chi connectivity index (χ0n) is 52.4. The van der Waals surface area contributed by atoms with Crippen molar-refractivity contribution in [2.75, 3.05) is 63.3 Å². The van der Waals surface area contributed by atoms with Gasteiger partial charge in [-0.3, -0.25) is 42.2 Å². The number of fused-ring (bicyclic) bond motifs is 5. The number of unbranched alkanes of at least 4 members (excludes halogenated alkanes) is 2. The van der Waals surface area contributed by atoms with Crippen LogP contribution in [0.15, 0.2) is 49.6 Å². The van der Waals surface area contributed by atoms with E-state index in [0.717, 1.165) is 11.2 Å². The van der Waals surface area contributed by atoms with Crippen LogP contribution in [-0.4, -0.2) is 201 Å². The summed E-state index contributed by atoms with van der Waals surface area (Å²) in [6, 6.07) is 4.61. The Morgan fingerprint density at radius 1 is 0.760 bits per heavy atom. The second-order valence-corrected chi connectivity index (χ2v) is 28.6. The number of carboxylic acids is 1. The monoisotopic (exact) mass is 1420 g/mol. The summed E-state index contributed by atoms with van der Waals surface area (Å²) >= 11 is 10.9. The van der Waals surface area contributed by atoms with Gasteiger partial charge in [0.25, 0.3) is 0 Å². The zero-order chi connectivity index (χ0) is 69.6. The summed E-state index contributed by atoms with van der Waals surface area (Å²) in [5, 5.41) is 31.3. The van der Waals surface area contributed by atoms with Gasteiger partial charge in [-0.2, -0.15) is 0 Å². The second kappa shape index (κ2) is 33.5. The highest BCUT2D eigenvalue weighted by molar-refractivity contribution is 8.07. The van der Waals surface area contributed by atoms with Crippen LogP contribution in [0.1, 0.15) is 90.2 Å². The molecule has 3 saturated heterocycles. The van der Waals surface area contributed by atoms with Gasteiger partial charge in [-0.05, 0) is 72.9 Å². The minimum atomic E-state index is -4.49. The Morgan fingerprint density at radius 3 is 1.99 bits per heavy atom. The lowest BCUT2D eigenvalue weighted by atomic mass is 9.89. The van der Waals surface area contributed by atoms with Crippen LogP contribution in [-0.2, 0) is 96.0 Å². The van der Waals surface area contributed by atoms with Gasteiger partial charge in [0.1, 0.15) is 67.4 Å². The Balaban J connectivity index is 0.843. The third kappa shape index (κ3) is 19.9. The number of aliphatic carboxylic acids is 1. The van der Waals surface area contributed by atoms with Crippen molar-refractivity contribution in [3.63, 3.8) is 0 Å². The summed E-state index contributed by atoms with van der Waals surface area (Å²) in [6.07, 6.45) is -7.43. The van der Waals surface area contributed by atoms with Gasteiger partial charge in [0.05, 0.1) is 44.4 Å². The number of anilines is 3. The number of aromatic nitrogens is 8. The van der Waals surface area contributed by atoms with Crippen LogP contribution >= 0.6 is 13.4 Å². The summed E-state index contributed by atoms with van der Waals surface area (Å²) < 4.78 is 55.5. The van der Waals surface area contributed by atoms with Crippen molar-refractivity contribution >= 4 is 124 Å². The number of primary amides is 1. The van der Waals surface area contributed by atoms with E-state index in [1.807, 2.05) is 0 Å².